The second-order valence-electron chi connectivity index (χ2n) is 7.08. The molecule has 6 nitrogen and oxygen atoms in total. The Hall–Kier alpha value is -1.86. The summed E-state index contributed by atoms with van der Waals surface area (Å²) in [4.78, 5) is 14.6. The van der Waals surface area contributed by atoms with Crippen LogP contribution < -0.4 is 0 Å². The molecule has 1 aromatic carbocycles. The van der Waals surface area contributed by atoms with E-state index in [0.717, 1.165) is 36.9 Å². The van der Waals surface area contributed by atoms with E-state index < -0.39 is 0 Å². The zero-order valence-corrected chi connectivity index (χ0v) is 17.0. The number of piperidine rings is 1. The SMILES string of the molecule is COCCn1c(Cc2ccccc2)nnc1SCC(=O)N1CCC[C@@H](C)C1. The van der Waals surface area contributed by atoms with Gasteiger partial charge in [-0.3, -0.25) is 4.79 Å². The van der Waals surface area contributed by atoms with Crippen molar-refractivity contribution in [2.75, 3.05) is 32.6 Å². The van der Waals surface area contributed by atoms with E-state index >= 15 is 0 Å². The molecule has 1 aromatic heterocycles. The Kier molecular flexibility index (Phi) is 7.29. The number of thioether (sulfide) groups is 1. The summed E-state index contributed by atoms with van der Waals surface area (Å²) in [6.45, 7) is 5.23. The highest BCUT2D eigenvalue weighted by Crippen LogP contribution is 2.21. The van der Waals surface area contributed by atoms with E-state index in [1.54, 1.807) is 7.11 Å². The monoisotopic (exact) mass is 388 g/mol. The van der Waals surface area contributed by atoms with E-state index in [1.165, 1.54) is 23.7 Å². The van der Waals surface area contributed by atoms with Gasteiger partial charge in [-0.2, -0.15) is 0 Å². The second kappa shape index (κ2) is 9.90. The van der Waals surface area contributed by atoms with Gasteiger partial charge in [0.15, 0.2) is 5.16 Å². The van der Waals surface area contributed by atoms with Crippen molar-refractivity contribution in [3.05, 3.63) is 41.7 Å². The van der Waals surface area contributed by atoms with E-state index in [2.05, 4.69) is 33.8 Å². The second-order valence-corrected chi connectivity index (χ2v) is 8.02. The van der Waals surface area contributed by atoms with Crippen LogP contribution >= 0.6 is 11.8 Å². The number of carbonyl (C=O) groups excluding carboxylic acids is 1. The lowest BCUT2D eigenvalue weighted by Gasteiger charge is -2.30. The van der Waals surface area contributed by atoms with Crippen LogP contribution in [0, 0.1) is 5.92 Å². The van der Waals surface area contributed by atoms with Crippen LogP contribution in [0.25, 0.3) is 0 Å². The maximum absolute atomic E-state index is 12.6. The quantitative estimate of drug-likeness (QED) is 0.651. The van der Waals surface area contributed by atoms with Crippen LogP contribution in [0.2, 0.25) is 0 Å². The number of likely N-dealkylation sites (tertiary alicyclic amines) is 1. The maximum atomic E-state index is 12.6. The first-order chi connectivity index (χ1) is 13.2. The molecule has 0 aliphatic carbocycles. The standard InChI is InChI=1S/C20H28N4O2S/c1-16-7-6-10-23(14-16)19(25)15-27-20-22-21-18(24(20)11-12-26-2)13-17-8-4-3-5-9-17/h3-5,8-9,16H,6-7,10-15H2,1-2H3/t16-/m1/s1. The topological polar surface area (TPSA) is 60.2 Å². The molecule has 1 aliphatic rings. The average Bonchev–Trinajstić information content (AvgIpc) is 3.06. The van der Waals surface area contributed by atoms with Gasteiger partial charge in [0.05, 0.1) is 12.4 Å². The Morgan fingerprint density at radius 1 is 1.30 bits per heavy atom. The van der Waals surface area contributed by atoms with Crippen molar-refractivity contribution >= 4 is 17.7 Å². The number of aromatic nitrogens is 3. The molecule has 2 aromatic rings. The Bertz CT molecular complexity index is 735. The van der Waals surface area contributed by atoms with Crippen molar-refractivity contribution in [1.82, 2.24) is 19.7 Å². The summed E-state index contributed by atoms with van der Waals surface area (Å²) in [5.41, 5.74) is 1.19. The van der Waals surface area contributed by atoms with Crippen LogP contribution in [0.5, 0.6) is 0 Å². The Morgan fingerprint density at radius 2 is 2.11 bits per heavy atom. The van der Waals surface area contributed by atoms with E-state index in [4.69, 9.17) is 4.74 Å². The van der Waals surface area contributed by atoms with Crippen LogP contribution in [0.4, 0.5) is 0 Å². The molecule has 0 bridgehead atoms. The first-order valence-electron chi connectivity index (χ1n) is 9.53. The summed E-state index contributed by atoms with van der Waals surface area (Å²) >= 11 is 1.47. The number of rotatable bonds is 8. The largest absolute Gasteiger partial charge is 0.383 e. The highest BCUT2D eigenvalue weighted by Gasteiger charge is 2.22. The molecule has 27 heavy (non-hydrogen) atoms. The molecule has 0 saturated carbocycles. The normalized spacial score (nSPS) is 17.3. The van der Waals surface area contributed by atoms with Crippen molar-refractivity contribution in [2.24, 2.45) is 5.92 Å². The number of carbonyl (C=O) groups is 1. The molecule has 0 spiro atoms. The molecule has 1 amide bonds. The third-order valence-corrected chi connectivity index (χ3v) is 5.80. The number of hydrogen-bond donors (Lipinski definition) is 0. The van der Waals surface area contributed by atoms with Crippen LogP contribution in [-0.2, 0) is 22.5 Å². The molecule has 3 rings (SSSR count). The molecule has 1 atom stereocenters. The minimum Gasteiger partial charge on any atom is -0.383 e. The van der Waals surface area contributed by atoms with E-state index in [1.807, 2.05) is 23.1 Å². The van der Waals surface area contributed by atoms with Gasteiger partial charge in [-0.1, -0.05) is 49.0 Å². The van der Waals surface area contributed by atoms with Gasteiger partial charge in [0.25, 0.3) is 0 Å². The fourth-order valence-electron chi connectivity index (χ4n) is 3.38. The summed E-state index contributed by atoms with van der Waals surface area (Å²) in [6, 6.07) is 10.2. The predicted octanol–water partition coefficient (Wildman–Crippen LogP) is 2.87. The highest BCUT2D eigenvalue weighted by atomic mass is 32.2. The van der Waals surface area contributed by atoms with Crippen molar-refractivity contribution in [3.8, 4) is 0 Å². The highest BCUT2D eigenvalue weighted by molar-refractivity contribution is 7.99. The molecular weight excluding hydrogens is 360 g/mol. The van der Waals surface area contributed by atoms with Crippen molar-refractivity contribution < 1.29 is 9.53 Å². The molecule has 1 saturated heterocycles. The minimum absolute atomic E-state index is 0.192. The van der Waals surface area contributed by atoms with Crippen LogP contribution in [0.1, 0.15) is 31.2 Å². The van der Waals surface area contributed by atoms with Gasteiger partial charge in [-0.05, 0) is 24.3 Å². The van der Waals surface area contributed by atoms with Gasteiger partial charge in [0, 0.05) is 33.2 Å². The van der Waals surface area contributed by atoms with Gasteiger partial charge in [-0.15, -0.1) is 10.2 Å². The van der Waals surface area contributed by atoms with Crippen molar-refractivity contribution in [1.29, 1.82) is 0 Å². The van der Waals surface area contributed by atoms with Crippen LogP contribution in [-0.4, -0.2) is 58.1 Å². The summed E-state index contributed by atoms with van der Waals surface area (Å²) in [5, 5.41) is 9.51. The summed E-state index contributed by atoms with van der Waals surface area (Å²) in [7, 11) is 1.69. The summed E-state index contributed by atoms with van der Waals surface area (Å²) in [5.74, 6) is 2.09. The first-order valence-corrected chi connectivity index (χ1v) is 10.5. The molecule has 2 heterocycles. The third-order valence-electron chi connectivity index (χ3n) is 4.85. The van der Waals surface area contributed by atoms with Gasteiger partial charge in [0.2, 0.25) is 5.91 Å². The fourth-order valence-corrected chi connectivity index (χ4v) is 4.26. The maximum Gasteiger partial charge on any atom is 0.233 e. The third kappa shape index (κ3) is 5.56. The minimum atomic E-state index is 0.192. The van der Waals surface area contributed by atoms with Gasteiger partial charge in [0.1, 0.15) is 5.82 Å². The molecule has 146 valence electrons. The fraction of sp³-hybridized carbons (Fsp3) is 0.550. The lowest BCUT2D eigenvalue weighted by atomic mass is 10.0. The zero-order chi connectivity index (χ0) is 19.1. The lowest BCUT2D eigenvalue weighted by molar-refractivity contribution is -0.130. The summed E-state index contributed by atoms with van der Waals surface area (Å²) < 4.78 is 7.32. The van der Waals surface area contributed by atoms with E-state index in [9.17, 15) is 4.79 Å². The van der Waals surface area contributed by atoms with Gasteiger partial charge >= 0.3 is 0 Å². The predicted molar refractivity (Wildman–Crippen MR) is 107 cm³/mol. The number of ether oxygens (including phenoxy) is 1. The molecule has 1 aliphatic heterocycles. The molecule has 0 radical (unpaired) electrons. The zero-order valence-electron chi connectivity index (χ0n) is 16.1. The molecule has 0 N–H and O–H groups in total. The Labute approximate surface area is 165 Å². The number of methoxy groups -OCH3 is 1. The number of nitrogens with zero attached hydrogens (tertiary/aromatic N) is 4. The smallest absolute Gasteiger partial charge is 0.233 e. The number of benzene rings is 1. The molecular formula is C20H28N4O2S. The number of amides is 1. The first kappa shape index (κ1) is 19.9. The van der Waals surface area contributed by atoms with Gasteiger partial charge < -0.3 is 14.2 Å². The number of hydrogen-bond acceptors (Lipinski definition) is 5. The van der Waals surface area contributed by atoms with Crippen LogP contribution in [0.3, 0.4) is 0 Å². The summed E-state index contributed by atoms with van der Waals surface area (Å²) in [6.07, 6.45) is 3.03. The van der Waals surface area contributed by atoms with E-state index in [0.29, 0.717) is 24.8 Å². The van der Waals surface area contributed by atoms with E-state index in [-0.39, 0.29) is 5.91 Å². The molecule has 1 fully saturated rings. The van der Waals surface area contributed by atoms with Crippen LogP contribution in [0.15, 0.2) is 35.5 Å². The molecule has 0 unspecified atom stereocenters. The van der Waals surface area contributed by atoms with Crippen molar-refractivity contribution in [3.63, 3.8) is 0 Å². The average molecular weight is 389 g/mol. The Balaban J connectivity index is 1.66. The van der Waals surface area contributed by atoms with Gasteiger partial charge in [-0.25, -0.2) is 0 Å². The van der Waals surface area contributed by atoms with Crippen molar-refractivity contribution in [2.45, 2.75) is 37.9 Å². The lowest BCUT2D eigenvalue weighted by Crippen LogP contribution is -2.40. The Morgan fingerprint density at radius 3 is 2.85 bits per heavy atom. The molecule has 7 heteroatoms.